The molecule has 1 nitrogen and oxygen atoms in total. The number of nitrogens with zero attached hydrogens (tertiary/aromatic N) is 1. The van der Waals surface area contributed by atoms with Gasteiger partial charge in [0.15, 0.2) is 0 Å². The van der Waals surface area contributed by atoms with Crippen LogP contribution in [0.1, 0.15) is 49.9 Å². The quantitative estimate of drug-likeness (QED) is 0.175. The third-order valence-electron chi connectivity index (χ3n) is 11.8. The molecule has 2 aliphatic carbocycles. The Morgan fingerprint density at radius 3 is 1.66 bits per heavy atom. The fraction of sp³-hybridized carbons (Fsp3) is 0.122. The lowest BCUT2D eigenvalue weighted by atomic mass is 9.80. The lowest BCUT2D eigenvalue weighted by molar-refractivity contribution is 0.660. The Morgan fingerprint density at radius 1 is 0.340 bits per heavy atom. The van der Waals surface area contributed by atoms with E-state index >= 15 is 0 Å². The highest BCUT2D eigenvalue weighted by Crippen LogP contribution is 2.55. The van der Waals surface area contributed by atoms with Gasteiger partial charge in [0.25, 0.3) is 0 Å². The molecule has 50 heavy (non-hydrogen) atoms. The van der Waals surface area contributed by atoms with Gasteiger partial charge in [-0.1, -0.05) is 143 Å². The minimum absolute atomic E-state index is 0.0561. The summed E-state index contributed by atoms with van der Waals surface area (Å²) in [5.74, 6) is 0. The second-order valence-corrected chi connectivity index (χ2v) is 15.1. The van der Waals surface area contributed by atoms with Crippen LogP contribution in [0.4, 0.5) is 0 Å². The number of pyridine rings is 1. The molecule has 0 atom stereocenters. The fourth-order valence-electron chi connectivity index (χ4n) is 9.32. The first-order valence-corrected chi connectivity index (χ1v) is 17.7. The minimum Gasteiger partial charge on any atom is -0.265 e. The lowest BCUT2D eigenvalue weighted by Gasteiger charge is -2.23. The van der Waals surface area contributed by atoms with Gasteiger partial charge >= 0.3 is 0 Å². The number of benzene rings is 7. The summed E-state index contributed by atoms with van der Waals surface area (Å²) in [5, 5.41) is 5.05. The highest BCUT2D eigenvalue weighted by Gasteiger charge is 2.38. The van der Waals surface area contributed by atoms with Gasteiger partial charge in [0.1, 0.15) is 0 Å². The summed E-state index contributed by atoms with van der Waals surface area (Å²) >= 11 is 0. The van der Waals surface area contributed by atoms with Gasteiger partial charge in [0.2, 0.25) is 0 Å². The van der Waals surface area contributed by atoms with E-state index in [4.69, 9.17) is 0 Å². The molecule has 2 aliphatic rings. The second kappa shape index (κ2) is 10.4. The molecule has 0 spiro atoms. The van der Waals surface area contributed by atoms with Crippen LogP contribution in [0.25, 0.3) is 77.2 Å². The molecule has 0 saturated carbocycles. The number of aromatic nitrogens is 1. The molecule has 0 bridgehead atoms. The Morgan fingerprint density at radius 2 is 0.880 bits per heavy atom. The molecule has 10 rings (SSSR count). The molecule has 0 saturated heterocycles. The van der Waals surface area contributed by atoms with Gasteiger partial charge in [-0.3, -0.25) is 4.98 Å². The maximum atomic E-state index is 4.38. The van der Waals surface area contributed by atoms with Crippen molar-refractivity contribution in [1.29, 1.82) is 0 Å². The molecule has 0 amide bonds. The maximum Gasteiger partial charge on any atom is 0.0273 e. The third-order valence-corrected chi connectivity index (χ3v) is 11.8. The minimum atomic E-state index is -0.0789. The van der Waals surface area contributed by atoms with E-state index in [0.717, 1.165) is 0 Å². The Hall–Kier alpha value is -5.79. The van der Waals surface area contributed by atoms with Crippen LogP contribution in [0.5, 0.6) is 0 Å². The van der Waals surface area contributed by atoms with E-state index in [1.54, 1.807) is 0 Å². The molecule has 1 heterocycles. The van der Waals surface area contributed by atoms with Crippen LogP contribution in [0, 0.1) is 0 Å². The fourth-order valence-corrected chi connectivity index (χ4v) is 9.32. The highest BCUT2D eigenvalue weighted by molar-refractivity contribution is 6.23. The Labute approximate surface area is 293 Å². The van der Waals surface area contributed by atoms with Gasteiger partial charge in [0, 0.05) is 23.2 Å². The van der Waals surface area contributed by atoms with Crippen molar-refractivity contribution in [2.24, 2.45) is 0 Å². The van der Waals surface area contributed by atoms with Gasteiger partial charge in [0.05, 0.1) is 0 Å². The van der Waals surface area contributed by atoms with Gasteiger partial charge in [-0.15, -0.1) is 0 Å². The Balaban J connectivity index is 1.30. The first-order chi connectivity index (χ1) is 24.3. The molecule has 8 aromatic rings. The first kappa shape index (κ1) is 29.2. The summed E-state index contributed by atoms with van der Waals surface area (Å²) in [4.78, 5) is 4.38. The van der Waals surface area contributed by atoms with E-state index in [-0.39, 0.29) is 10.8 Å². The summed E-state index contributed by atoms with van der Waals surface area (Å²) in [6, 6.07) is 52.4. The molecule has 1 heteroatoms. The zero-order valence-electron chi connectivity index (χ0n) is 28.9. The van der Waals surface area contributed by atoms with Crippen molar-refractivity contribution in [3.8, 4) is 55.6 Å². The van der Waals surface area contributed by atoms with Crippen LogP contribution in [0.2, 0.25) is 0 Å². The van der Waals surface area contributed by atoms with E-state index < -0.39 is 0 Å². The van der Waals surface area contributed by atoms with E-state index in [0.29, 0.717) is 0 Å². The largest absolute Gasteiger partial charge is 0.265 e. The molecule has 0 fully saturated rings. The Bertz CT molecular complexity index is 2690. The monoisotopic (exact) mass is 639 g/mol. The zero-order valence-corrected chi connectivity index (χ0v) is 28.9. The van der Waals surface area contributed by atoms with Crippen molar-refractivity contribution in [2.75, 3.05) is 0 Å². The van der Waals surface area contributed by atoms with Crippen molar-refractivity contribution < 1.29 is 0 Å². The predicted octanol–water partition coefficient (Wildman–Crippen LogP) is 13.0. The van der Waals surface area contributed by atoms with E-state index in [9.17, 15) is 0 Å². The van der Waals surface area contributed by atoms with Crippen molar-refractivity contribution in [2.45, 2.75) is 38.5 Å². The van der Waals surface area contributed by atoms with Crippen LogP contribution in [-0.4, -0.2) is 4.98 Å². The Kier molecular flexibility index (Phi) is 6.04. The van der Waals surface area contributed by atoms with Crippen molar-refractivity contribution in [1.82, 2.24) is 4.98 Å². The van der Waals surface area contributed by atoms with E-state index in [2.05, 4.69) is 172 Å². The topological polar surface area (TPSA) is 12.9 Å². The van der Waals surface area contributed by atoms with E-state index in [1.165, 1.54) is 99.4 Å². The van der Waals surface area contributed by atoms with Crippen LogP contribution in [0.3, 0.4) is 0 Å². The standard InChI is InChI=1S/C49H37N/c1-48(2)42-18-10-8-15-38(42)47-39(16-11-19-43(47)48)46-36-14-6-5-13-35(36)45(30-24-26-50-27-25-30)37-23-21-31(28-40(37)46)32-20-22-34-33-12-7-9-17-41(33)49(3,4)44(34)29-32/h5-29H,1-4H3. The van der Waals surface area contributed by atoms with Crippen molar-refractivity contribution in [3.63, 3.8) is 0 Å². The number of fused-ring (bicyclic) bond motifs is 8. The molecule has 1 aromatic heterocycles. The maximum absolute atomic E-state index is 4.38. The van der Waals surface area contributed by atoms with Crippen LogP contribution < -0.4 is 0 Å². The zero-order chi connectivity index (χ0) is 33.8. The molecule has 0 aliphatic heterocycles. The molecule has 0 radical (unpaired) electrons. The SMILES string of the molecule is CC1(C)c2ccccc2-c2ccc(-c3ccc4c(-c5ccncc5)c5ccccc5c(-c5cccc6c5-c5ccccc5C6(C)C)c4c3)cc21. The average Bonchev–Trinajstić information content (AvgIpc) is 3.53. The summed E-state index contributed by atoms with van der Waals surface area (Å²) < 4.78 is 0. The van der Waals surface area contributed by atoms with Gasteiger partial charge in [-0.2, -0.15) is 0 Å². The van der Waals surface area contributed by atoms with Crippen molar-refractivity contribution in [3.05, 3.63) is 174 Å². The lowest BCUT2D eigenvalue weighted by Crippen LogP contribution is -2.14. The third kappa shape index (κ3) is 3.92. The number of hydrogen-bond donors (Lipinski definition) is 0. The average molecular weight is 640 g/mol. The summed E-state index contributed by atoms with van der Waals surface area (Å²) in [7, 11) is 0. The normalized spacial score (nSPS) is 14.7. The molecule has 0 unspecified atom stereocenters. The van der Waals surface area contributed by atoms with Gasteiger partial charge in [-0.05, 0) is 124 Å². The van der Waals surface area contributed by atoms with Gasteiger partial charge in [-0.25, -0.2) is 0 Å². The number of hydrogen-bond acceptors (Lipinski definition) is 1. The molecule has 238 valence electrons. The summed E-state index contributed by atoms with van der Waals surface area (Å²) in [6.07, 6.45) is 3.82. The molecule has 0 N–H and O–H groups in total. The smallest absolute Gasteiger partial charge is 0.0273 e. The predicted molar refractivity (Wildman–Crippen MR) is 211 cm³/mol. The van der Waals surface area contributed by atoms with Crippen LogP contribution >= 0.6 is 0 Å². The summed E-state index contributed by atoms with van der Waals surface area (Å²) in [6.45, 7) is 9.47. The first-order valence-electron chi connectivity index (χ1n) is 17.7. The van der Waals surface area contributed by atoms with Crippen LogP contribution in [0.15, 0.2) is 152 Å². The second-order valence-electron chi connectivity index (χ2n) is 15.1. The molecule has 7 aromatic carbocycles. The summed E-state index contributed by atoms with van der Waals surface area (Å²) in [5.41, 5.74) is 18.4. The number of rotatable bonds is 3. The highest BCUT2D eigenvalue weighted by atomic mass is 14.6. The van der Waals surface area contributed by atoms with Crippen molar-refractivity contribution >= 4 is 21.5 Å². The van der Waals surface area contributed by atoms with Crippen LogP contribution in [-0.2, 0) is 10.8 Å². The molecular weight excluding hydrogens is 603 g/mol. The van der Waals surface area contributed by atoms with Gasteiger partial charge < -0.3 is 0 Å². The molecular formula is C49H37N. The van der Waals surface area contributed by atoms with E-state index in [1.807, 2.05) is 12.4 Å².